The lowest BCUT2D eigenvalue weighted by Crippen LogP contribution is -2.07. The highest BCUT2D eigenvalue weighted by molar-refractivity contribution is 5.91. The number of hydrogen-bond donors (Lipinski definition) is 0. The van der Waals surface area contributed by atoms with E-state index < -0.39 is 5.97 Å². The van der Waals surface area contributed by atoms with Crippen LogP contribution in [0.2, 0.25) is 0 Å². The number of carbonyl (C=O) groups is 1. The molecule has 3 aromatic rings. The van der Waals surface area contributed by atoms with Crippen LogP contribution < -0.4 is 0 Å². The monoisotopic (exact) mass is 308 g/mol. The molecule has 0 N–H and O–H groups in total. The summed E-state index contributed by atoms with van der Waals surface area (Å²) in [5, 5.41) is 3.89. The van der Waals surface area contributed by atoms with Crippen LogP contribution in [0.4, 0.5) is 0 Å². The van der Waals surface area contributed by atoms with Crippen LogP contribution in [-0.4, -0.2) is 16.1 Å². The zero-order valence-corrected chi connectivity index (χ0v) is 12.9. The number of nitrogens with zero attached hydrogens (tertiary/aromatic N) is 2. The van der Waals surface area contributed by atoms with Crippen molar-refractivity contribution in [2.75, 3.05) is 0 Å². The fourth-order valence-corrected chi connectivity index (χ4v) is 2.27. The van der Waals surface area contributed by atoms with Crippen LogP contribution in [-0.2, 0) is 11.3 Å². The summed E-state index contributed by atoms with van der Waals surface area (Å²) in [5.74, 6) is 0.340. The first kappa shape index (κ1) is 15.0. The molecule has 0 amide bonds. The summed E-state index contributed by atoms with van der Waals surface area (Å²) in [6.45, 7) is 3.81. The van der Waals surface area contributed by atoms with Crippen molar-refractivity contribution >= 4 is 5.97 Å². The molecule has 116 valence electrons. The molecule has 0 bridgehead atoms. The number of aryl methyl sites for hydroxylation is 2. The van der Waals surface area contributed by atoms with Crippen molar-refractivity contribution in [3.05, 3.63) is 71.1 Å². The molecule has 0 fully saturated rings. The lowest BCUT2D eigenvalue weighted by molar-refractivity contribution is 0.0429. The Hall–Kier alpha value is -2.95. The van der Waals surface area contributed by atoms with Crippen molar-refractivity contribution in [1.82, 2.24) is 10.1 Å². The number of carbonyl (C=O) groups excluding carboxylic acids is 1. The van der Waals surface area contributed by atoms with Crippen LogP contribution in [0, 0.1) is 13.8 Å². The highest BCUT2D eigenvalue weighted by Gasteiger charge is 2.14. The molecular formula is C18H16N2O3. The molecule has 0 aliphatic rings. The smallest absolute Gasteiger partial charge is 0.338 e. The van der Waals surface area contributed by atoms with E-state index in [0.29, 0.717) is 11.4 Å². The Morgan fingerprint density at radius 1 is 1.13 bits per heavy atom. The molecule has 0 saturated carbocycles. The Bertz CT molecular complexity index is 825. The van der Waals surface area contributed by atoms with Gasteiger partial charge in [-0.2, -0.15) is 4.98 Å². The summed E-state index contributed by atoms with van der Waals surface area (Å²) in [6, 6.07) is 15.1. The number of esters is 1. The van der Waals surface area contributed by atoms with E-state index in [9.17, 15) is 4.79 Å². The first-order chi connectivity index (χ1) is 11.1. The van der Waals surface area contributed by atoms with Gasteiger partial charge in [-0.05, 0) is 25.5 Å². The van der Waals surface area contributed by atoms with Crippen LogP contribution in [0.1, 0.15) is 27.4 Å². The molecule has 5 nitrogen and oxygen atoms in total. The van der Waals surface area contributed by atoms with Crippen LogP contribution in [0.15, 0.2) is 53.1 Å². The van der Waals surface area contributed by atoms with E-state index in [1.54, 1.807) is 6.07 Å². The minimum Gasteiger partial charge on any atom is -0.452 e. The maximum Gasteiger partial charge on any atom is 0.338 e. The van der Waals surface area contributed by atoms with Crippen LogP contribution in [0.3, 0.4) is 0 Å². The third-order valence-corrected chi connectivity index (χ3v) is 3.43. The summed E-state index contributed by atoms with van der Waals surface area (Å²) < 4.78 is 10.4. The summed E-state index contributed by atoms with van der Waals surface area (Å²) in [6.07, 6.45) is 0. The standard InChI is InChI=1S/C18H16N2O3/c1-12-8-9-15(13(2)10-12)18(21)22-11-16-19-17(20-23-16)14-6-4-3-5-7-14/h3-10H,11H2,1-2H3. The molecule has 0 radical (unpaired) electrons. The van der Waals surface area contributed by atoms with Gasteiger partial charge in [0, 0.05) is 5.56 Å². The van der Waals surface area contributed by atoms with Gasteiger partial charge in [0.1, 0.15) is 0 Å². The average Bonchev–Trinajstić information content (AvgIpc) is 3.02. The normalized spacial score (nSPS) is 10.5. The van der Waals surface area contributed by atoms with Crippen molar-refractivity contribution in [2.24, 2.45) is 0 Å². The number of rotatable bonds is 4. The molecule has 23 heavy (non-hydrogen) atoms. The van der Waals surface area contributed by atoms with Gasteiger partial charge in [-0.1, -0.05) is 53.2 Å². The van der Waals surface area contributed by atoms with Gasteiger partial charge in [0.05, 0.1) is 5.56 Å². The average molecular weight is 308 g/mol. The molecule has 1 heterocycles. The summed E-state index contributed by atoms with van der Waals surface area (Å²) in [7, 11) is 0. The lowest BCUT2D eigenvalue weighted by atomic mass is 10.1. The van der Waals surface area contributed by atoms with E-state index in [0.717, 1.165) is 16.7 Å². The van der Waals surface area contributed by atoms with E-state index in [1.165, 1.54) is 0 Å². The minimum absolute atomic E-state index is 0.0496. The molecule has 1 aromatic heterocycles. The van der Waals surface area contributed by atoms with Crippen molar-refractivity contribution < 1.29 is 14.1 Å². The van der Waals surface area contributed by atoms with Gasteiger partial charge in [-0.3, -0.25) is 0 Å². The van der Waals surface area contributed by atoms with Crippen LogP contribution in [0.5, 0.6) is 0 Å². The fraction of sp³-hybridized carbons (Fsp3) is 0.167. The highest BCUT2D eigenvalue weighted by Crippen LogP contribution is 2.16. The molecule has 2 aromatic carbocycles. The molecule has 5 heteroatoms. The molecule has 0 unspecified atom stereocenters. The van der Waals surface area contributed by atoms with Gasteiger partial charge in [0.25, 0.3) is 5.89 Å². The Morgan fingerprint density at radius 3 is 2.65 bits per heavy atom. The van der Waals surface area contributed by atoms with Crippen molar-refractivity contribution in [1.29, 1.82) is 0 Å². The number of benzene rings is 2. The molecule has 0 atom stereocenters. The first-order valence-corrected chi connectivity index (χ1v) is 7.26. The minimum atomic E-state index is -0.401. The fourth-order valence-electron chi connectivity index (χ4n) is 2.27. The maximum atomic E-state index is 12.1. The van der Waals surface area contributed by atoms with Gasteiger partial charge in [0.2, 0.25) is 5.82 Å². The van der Waals surface area contributed by atoms with E-state index in [2.05, 4.69) is 10.1 Å². The van der Waals surface area contributed by atoms with Crippen molar-refractivity contribution in [3.8, 4) is 11.4 Å². The highest BCUT2D eigenvalue weighted by atomic mass is 16.6. The second-order valence-corrected chi connectivity index (χ2v) is 5.27. The van der Waals surface area contributed by atoms with Crippen molar-refractivity contribution in [2.45, 2.75) is 20.5 Å². The number of ether oxygens (including phenoxy) is 1. The predicted molar refractivity (Wildman–Crippen MR) is 84.8 cm³/mol. The van der Waals surface area contributed by atoms with E-state index in [-0.39, 0.29) is 12.5 Å². The Labute approximate surface area is 133 Å². The van der Waals surface area contributed by atoms with E-state index in [4.69, 9.17) is 9.26 Å². The van der Waals surface area contributed by atoms with Gasteiger partial charge in [-0.25, -0.2) is 4.79 Å². The Morgan fingerprint density at radius 2 is 1.91 bits per heavy atom. The summed E-state index contributed by atoms with van der Waals surface area (Å²) >= 11 is 0. The van der Waals surface area contributed by atoms with Gasteiger partial charge in [0.15, 0.2) is 6.61 Å². The number of hydrogen-bond acceptors (Lipinski definition) is 5. The molecule has 0 aliphatic carbocycles. The van der Waals surface area contributed by atoms with E-state index in [1.807, 2.05) is 56.3 Å². The predicted octanol–water partition coefficient (Wildman–Crippen LogP) is 3.71. The van der Waals surface area contributed by atoms with Crippen molar-refractivity contribution in [3.63, 3.8) is 0 Å². The van der Waals surface area contributed by atoms with Crippen LogP contribution in [0.25, 0.3) is 11.4 Å². The zero-order chi connectivity index (χ0) is 16.2. The second-order valence-electron chi connectivity index (χ2n) is 5.27. The molecule has 0 aliphatic heterocycles. The maximum absolute atomic E-state index is 12.1. The molecule has 0 spiro atoms. The molecular weight excluding hydrogens is 292 g/mol. The quantitative estimate of drug-likeness (QED) is 0.687. The van der Waals surface area contributed by atoms with Gasteiger partial charge >= 0.3 is 5.97 Å². The summed E-state index contributed by atoms with van der Waals surface area (Å²) in [4.78, 5) is 16.3. The topological polar surface area (TPSA) is 65.2 Å². The van der Waals surface area contributed by atoms with Gasteiger partial charge < -0.3 is 9.26 Å². The van der Waals surface area contributed by atoms with E-state index >= 15 is 0 Å². The Balaban J connectivity index is 1.67. The third kappa shape index (κ3) is 3.45. The molecule has 3 rings (SSSR count). The Kier molecular flexibility index (Phi) is 4.19. The number of aromatic nitrogens is 2. The lowest BCUT2D eigenvalue weighted by Gasteiger charge is -2.05. The SMILES string of the molecule is Cc1ccc(C(=O)OCc2nc(-c3ccccc3)no2)c(C)c1. The molecule has 0 saturated heterocycles. The second kappa shape index (κ2) is 6.44. The zero-order valence-electron chi connectivity index (χ0n) is 12.9. The van der Waals surface area contributed by atoms with Crippen LogP contribution >= 0.6 is 0 Å². The largest absolute Gasteiger partial charge is 0.452 e. The third-order valence-electron chi connectivity index (χ3n) is 3.43. The summed E-state index contributed by atoms with van der Waals surface area (Å²) in [5.41, 5.74) is 3.37. The first-order valence-electron chi connectivity index (χ1n) is 7.26. The van der Waals surface area contributed by atoms with Gasteiger partial charge in [-0.15, -0.1) is 0 Å².